The maximum Gasteiger partial charge on any atom is 0.306 e. The summed E-state index contributed by atoms with van der Waals surface area (Å²) in [6.45, 7) is 6.29. The van der Waals surface area contributed by atoms with E-state index in [0.29, 0.717) is 25.7 Å². The van der Waals surface area contributed by atoms with Gasteiger partial charge in [-0.2, -0.15) is 0 Å². The summed E-state index contributed by atoms with van der Waals surface area (Å²) in [5.74, 6) is -0.00145. The van der Waals surface area contributed by atoms with Crippen molar-refractivity contribution >= 4 is 5.97 Å². The van der Waals surface area contributed by atoms with E-state index in [0.717, 1.165) is 38.6 Å². The van der Waals surface area contributed by atoms with Crippen molar-refractivity contribution in [1.29, 1.82) is 0 Å². The second kappa shape index (κ2) is 6.23. The number of carboxylic acids is 1. The third-order valence-corrected chi connectivity index (χ3v) is 5.46. The highest BCUT2D eigenvalue weighted by molar-refractivity contribution is 5.70. The zero-order valence-electron chi connectivity index (χ0n) is 12.8. The molecule has 120 valence electrons. The van der Waals surface area contributed by atoms with Gasteiger partial charge in [-0.15, -0.1) is 0 Å². The van der Waals surface area contributed by atoms with E-state index >= 15 is 0 Å². The van der Waals surface area contributed by atoms with Gasteiger partial charge in [-0.1, -0.05) is 0 Å². The Morgan fingerprint density at radius 1 is 1.00 bits per heavy atom. The molecule has 0 unspecified atom stereocenters. The van der Waals surface area contributed by atoms with Crippen molar-refractivity contribution in [3.63, 3.8) is 0 Å². The topological polar surface area (TPSA) is 64.0 Å². The van der Waals surface area contributed by atoms with E-state index in [4.69, 9.17) is 5.11 Å². The molecule has 5 nitrogen and oxygen atoms in total. The average Bonchev–Trinajstić information content (AvgIpc) is 3.25. The minimum absolute atomic E-state index is 0.249. The summed E-state index contributed by atoms with van der Waals surface area (Å²) in [5.41, 5.74) is -0.662. The van der Waals surface area contributed by atoms with E-state index in [1.54, 1.807) is 0 Å². The number of nitrogens with zero attached hydrogens (tertiary/aromatic N) is 2. The van der Waals surface area contributed by atoms with Gasteiger partial charge in [-0.05, 0) is 44.4 Å². The molecule has 0 radical (unpaired) electrons. The number of aliphatic carboxylic acids is 1. The molecular formula is C16H28N2O3. The monoisotopic (exact) mass is 296 g/mol. The minimum Gasteiger partial charge on any atom is -0.481 e. The first kappa shape index (κ1) is 15.3. The number of carboxylic acid groups (broad SMARTS) is 1. The fourth-order valence-electron chi connectivity index (χ4n) is 3.77. The number of hydrogen-bond donors (Lipinski definition) is 2. The second-order valence-electron chi connectivity index (χ2n) is 7.36. The molecule has 0 bridgehead atoms. The van der Waals surface area contributed by atoms with Crippen molar-refractivity contribution < 1.29 is 15.0 Å². The summed E-state index contributed by atoms with van der Waals surface area (Å²) < 4.78 is 0. The number of aliphatic hydroxyl groups is 1. The van der Waals surface area contributed by atoms with Crippen molar-refractivity contribution in [2.45, 2.75) is 44.1 Å². The number of hydrogen-bond acceptors (Lipinski definition) is 4. The Bertz CT molecular complexity index is 368. The Morgan fingerprint density at radius 3 is 2.10 bits per heavy atom. The van der Waals surface area contributed by atoms with Crippen LogP contribution in [0.15, 0.2) is 0 Å². The molecule has 0 atom stereocenters. The zero-order valence-corrected chi connectivity index (χ0v) is 12.8. The van der Waals surface area contributed by atoms with Crippen LogP contribution < -0.4 is 0 Å². The minimum atomic E-state index is -0.703. The van der Waals surface area contributed by atoms with Crippen molar-refractivity contribution in [2.24, 2.45) is 11.8 Å². The molecule has 21 heavy (non-hydrogen) atoms. The van der Waals surface area contributed by atoms with Crippen molar-refractivity contribution in [1.82, 2.24) is 9.80 Å². The fraction of sp³-hybridized carbons (Fsp3) is 0.938. The zero-order chi connectivity index (χ0) is 14.9. The molecule has 3 aliphatic rings. The molecule has 5 heteroatoms. The van der Waals surface area contributed by atoms with Crippen molar-refractivity contribution in [3.8, 4) is 0 Å². The van der Waals surface area contributed by atoms with Crippen molar-refractivity contribution in [3.05, 3.63) is 0 Å². The van der Waals surface area contributed by atoms with E-state index in [9.17, 15) is 9.90 Å². The molecule has 1 heterocycles. The largest absolute Gasteiger partial charge is 0.481 e. The lowest BCUT2D eigenvalue weighted by Gasteiger charge is -2.42. The highest BCUT2D eigenvalue weighted by Gasteiger charge is 2.37. The van der Waals surface area contributed by atoms with Gasteiger partial charge in [-0.25, -0.2) is 0 Å². The third kappa shape index (κ3) is 4.18. The summed E-state index contributed by atoms with van der Waals surface area (Å²) in [7, 11) is 0. The molecule has 3 rings (SSSR count). The smallest absolute Gasteiger partial charge is 0.306 e. The Balaban J connectivity index is 1.41. The molecule has 2 saturated carbocycles. The van der Waals surface area contributed by atoms with Crippen LogP contribution in [0.4, 0.5) is 0 Å². The Labute approximate surface area is 126 Å². The van der Waals surface area contributed by atoms with E-state index in [1.165, 1.54) is 19.4 Å². The second-order valence-corrected chi connectivity index (χ2v) is 7.36. The van der Waals surface area contributed by atoms with Crippen LogP contribution in [-0.2, 0) is 4.79 Å². The van der Waals surface area contributed by atoms with Gasteiger partial charge in [0.25, 0.3) is 0 Å². The summed E-state index contributed by atoms with van der Waals surface area (Å²) in [6.07, 6.45) is 5.31. The standard InChI is InChI=1S/C16H28N2O3/c19-15(20)14-3-5-16(21,6-4-14)12-18-9-7-17(8-10-18)11-13-1-2-13/h13-14,21H,1-12H2,(H,19,20). The third-order valence-electron chi connectivity index (χ3n) is 5.46. The highest BCUT2D eigenvalue weighted by atomic mass is 16.4. The van der Waals surface area contributed by atoms with Crippen LogP contribution in [0.5, 0.6) is 0 Å². The lowest BCUT2D eigenvalue weighted by atomic mass is 9.78. The first-order valence-electron chi connectivity index (χ1n) is 8.44. The summed E-state index contributed by atoms with van der Waals surface area (Å²) in [4.78, 5) is 15.9. The lowest BCUT2D eigenvalue weighted by Crippen LogP contribution is -2.53. The van der Waals surface area contributed by atoms with Crippen molar-refractivity contribution in [2.75, 3.05) is 39.3 Å². The highest BCUT2D eigenvalue weighted by Crippen LogP contribution is 2.33. The first-order valence-corrected chi connectivity index (χ1v) is 8.44. The Hall–Kier alpha value is -0.650. The fourth-order valence-corrected chi connectivity index (χ4v) is 3.77. The molecule has 0 aromatic rings. The molecule has 2 N–H and O–H groups in total. The molecule has 0 aromatic carbocycles. The molecule has 1 saturated heterocycles. The Kier molecular flexibility index (Phi) is 4.52. The van der Waals surface area contributed by atoms with Gasteiger partial charge in [-0.3, -0.25) is 9.69 Å². The lowest BCUT2D eigenvalue weighted by molar-refractivity contribution is -0.145. The van der Waals surface area contributed by atoms with Gasteiger partial charge in [0.2, 0.25) is 0 Å². The van der Waals surface area contributed by atoms with Gasteiger partial charge in [0.05, 0.1) is 11.5 Å². The van der Waals surface area contributed by atoms with Gasteiger partial charge < -0.3 is 15.1 Å². The van der Waals surface area contributed by atoms with Crippen LogP contribution in [0, 0.1) is 11.8 Å². The quantitative estimate of drug-likeness (QED) is 0.793. The Morgan fingerprint density at radius 2 is 1.57 bits per heavy atom. The van der Waals surface area contributed by atoms with Gasteiger partial charge >= 0.3 is 5.97 Å². The SMILES string of the molecule is O=C(O)C1CCC(O)(CN2CCN(CC3CC3)CC2)CC1. The van der Waals surface area contributed by atoms with Gasteiger partial charge in [0.15, 0.2) is 0 Å². The van der Waals surface area contributed by atoms with Gasteiger partial charge in [0.1, 0.15) is 0 Å². The van der Waals surface area contributed by atoms with Crippen LogP contribution in [0.3, 0.4) is 0 Å². The predicted octanol–water partition coefficient (Wildman–Crippen LogP) is 1.02. The van der Waals surface area contributed by atoms with E-state index in [2.05, 4.69) is 9.80 Å². The molecule has 3 fully saturated rings. The van der Waals surface area contributed by atoms with Crippen LogP contribution in [0.2, 0.25) is 0 Å². The molecule has 1 aliphatic heterocycles. The molecular weight excluding hydrogens is 268 g/mol. The number of piperazine rings is 1. The number of β-amino-alcohol motifs (C(OH)–C–C–N with tert-alkyl or cyclic N) is 1. The van der Waals surface area contributed by atoms with E-state index in [1.807, 2.05) is 0 Å². The van der Waals surface area contributed by atoms with Crippen LogP contribution in [0.1, 0.15) is 38.5 Å². The number of carbonyl (C=O) groups is 1. The molecule has 2 aliphatic carbocycles. The summed E-state index contributed by atoms with van der Waals surface area (Å²) in [6, 6.07) is 0. The predicted molar refractivity (Wildman–Crippen MR) is 80.1 cm³/mol. The molecule has 0 spiro atoms. The maximum atomic E-state index is 11.0. The average molecular weight is 296 g/mol. The van der Waals surface area contributed by atoms with E-state index in [-0.39, 0.29) is 5.92 Å². The van der Waals surface area contributed by atoms with Crippen LogP contribution in [0.25, 0.3) is 0 Å². The molecule has 0 aromatic heterocycles. The summed E-state index contributed by atoms with van der Waals surface area (Å²) in [5, 5.41) is 19.7. The molecule has 0 amide bonds. The number of rotatable bonds is 5. The van der Waals surface area contributed by atoms with E-state index < -0.39 is 11.6 Å². The normalized spacial score (nSPS) is 35.8. The van der Waals surface area contributed by atoms with Crippen LogP contribution >= 0.6 is 0 Å². The van der Waals surface area contributed by atoms with Crippen LogP contribution in [-0.4, -0.2) is 70.9 Å². The van der Waals surface area contributed by atoms with Gasteiger partial charge in [0, 0.05) is 39.3 Å². The first-order chi connectivity index (χ1) is 10.0. The summed E-state index contributed by atoms with van der Waals surface area (Å²) >= 11 is 0. The maximum absolute atomic E-state index is 11.0.